The Kier molecular flexibility index (Phi) is 6.27. The Morgan fingerprint density at radius 3 is 1.76 bits per heavy atom. The van der Waals surface area contributed by atoms with Gasteiger partial charge >= 0.3 is 0 Å². The summed E-state index contributed by atoms with van der Waals surface area (Å²) >= 11 is 0. The lowest BCUT2D eigenvalue weighted by Crippen LogP contribution is -2.56. The SMILES string of the molecule is c1ccc(-c2ccc(C3NC(c4cccc5c4oc4ccc6oc7ccccc7c6c45)NC(n4c5ccccc5c5ccccc54)N3)cc2)cc1. The third-order valence-electron chi connectivity index (χ3n) is 10.6. The van der Waals surface area contributed by atoms with Gasteiger partial charge in [-0.05, 0) is 47.0 Å². The molecule has 0 aliphatic carbocycles. The number of furan rings is 2. The molecule has 3 N–H and O–H groups in total. The Balaban J connectivity index is 1.08. The first-order valence-corrected chi connectivity index (χ1v) is 17.5. The Bertz CT molecular complexity index is 2870. The van der Waals surface area contributed by atoms with E-state index in [1.165, 1.54) is 32.9 Å². The van der Waals surface area contributed by atoms with E-state index in [2.05, 4.69) is 154 Å². The zero-order valence-electron chi connectivity index (χ0n) is 27.5. The molecule has 51 heavy (non-hydrogen) atoms. The number of benzene rings is 7. The Hall–Kier alpha value is -6.18. The molecule has 4 heterocycles. The van der Waals surface area contributed by atoms with E-state index in [0.717, 1.165) is 55.0 Å². The maximum atomic E-state index is 6.79. The highest BCUT2D eigenvalue weighted by molar-refractivity contribution is 6.26. The molecule has 0 amide bonds. The molecular formula is C45H32N4O2. The van der Waals surface area contributed by atoms with Gasteiger partial charge in [0.15, 0.2) is 0 Å². The van der Waals surface area contributed by atoms with Gasteiger partial charge in [-0.3, -0.25) is 16.0 Å². The molecule has 6 heteroatoms. The van der Waals surface area contributed by atoms with Gasteiger partial charge in [0.05, 0.1) is 23.4 Å². The Labute approximate surface area is 292 Å². The first kappa shape index (κ1) is 28.6. The summed E-state index contributed by atoms with van der Waals surface area (Å²) in [5, 5.41) is 18.6. The molecule has 1 aliphatic heterocycles. The molecular weight excluding hydrogens is 629 g/mol. The second kappa shape index (κ2) is 11.2. The van der Waals surface area contributed by atoms with Crippen LogP contribution in [0.4, 0.5) is 0 Å². The second-order valence-corrected chi connectivity index (χ2v) is 13.4. The molecule has 0 spiro atoms. The number of aromatic nitrogens is 1. The number of fused-ring (bicyclic) bond motifs is 10. The van der Waals surface area contributed by atoms with Crippen molar-refractivity contribution in [3.8, 4) is 11.1 Å². The van der Waals surface area contributed by atoms with E-state index in [1.54, 1.807) is 0 Å². The van der Waals surface area contributed by atoms with Crippen LogP contribution in [0.2, 0.25) is 0 Å². The Morgan fingerprint density at radius 1 is 0.412 bits per heavy atom. The van der Waals surface area contributed by atoms with Crippen molar-refractivity contribution >= 4 is 65.7 Å². The summed E-state index contributed by atoms with van der Waals surface area (Å²) in [5.41, 5.74) is 10.4. The van der Waals surface area contributed by atoms with Crippen molar-refractivity contribution in [3.63, 3.8) is 0 Å². The zero-order valence-corrected chi connectivity index (χ0v) is 27.5. The molecule has 3 atom stereocenters. The molecule has 3 aromatic heterocycles. The number of rotatable bonds is 4. The van der Waals surface area contributed by atoms with Gasteiger partial charge in [-0.25, -0.2) is 0 Å². The van der Waals surface area contributed by atoms with Crippen LogP contribution in [0.3, 0.4) is 0 Å². The smallest absolute Gasteiger partial charge is 0.142 e. The summed E-state index contributed by atoms with van der Waals surface area (Å²) in [5.74, 6) is 0. The fourth-order valence-electron chi connectivity index (χ4n) is 8.23. The monoisotopic (exact) mass is 660 g/mol. The lowest BCUT2D eigenvalue weighted by Gasteiger charge is -2.40. The van der Waals surface area contributed by atoms with Crippen molar-refractivity contribution in [3.05, 3.63) is 169 Å². The van der Waals surface area contributed by atoms with Crippen LogP contribution in [0.5, 0.6) is 0 Å². The van der Waals surface area contributed by atoms with Crippen LogP contribution in [-0.4, -0.2) is 4.57 Å². The van der Waals surface area contributed by atoms with Crippen molar-refractivity contribution in [2.45, 2.75) is 18.6 Å². The minimum absolute atomic E-state index is 0.171. The molecule has 11 rings (SSSR count). The van der Waals surface area contributed by atoms with Crippen LogP contribution in [0.15, 0.2) is 167 Å². The highest BCUT2D eigenvalue weighted by Crippen LogP contribution is 2.42. The first-order valence-electron chi connectivity index (χ1n) is 17.5. The lowest BCUT2D eigenvalue weighted by molar-refractivity contribution is 0.161. The molecule has 10 aromatic rings. The van der Waals surface area contributed by atoms with E-state index in [9.17, 15) is 0 Å². The normalized spacial score (nSPS) is 18.2. The van der Waals surface area contributed by atoms with Gasteiger partial charge in [-0.15, -0.1) is 0 Å². The minimum Gasteiger partial charge on any atom is -0.456 e. The summed E-state index contributed by atoms with van der Waals surface area (Å²) in [6.45, 7) is 0. The highest BCUT2D eigenvalue weighted by Gasteiger charge is 2.33. The molecule has 6 nitrogen and oxygen atoms in total. The molecule has 3 unspecified atom stereocenters. The van der Waals surface area contributed by atoms with Gasteiger partial charge in [-0.2, -0.15) is 0 Å². The van der Waals surface area contributed by atoms with Gasteiger partial charge < -0.3 is 13.4 Å². The predicted octanol–water partition coefficient (Wildman–Crippen LogP) is 10.9. The van der Waals surface area contributed by atoms with E-state index < -0.39 is 0 Å². The molecule has 1 aliphatic rings. The van der Waals surface area contributed by atoms with Gasteiger partial charge in [0.2, 0.25) is 0 Å². The van der Waals surface area contributed by atoms with E-state index in [4.69, 9.17) is 8.83 Å². The summed E-state index contributed by atoms with van der Waals surface area (Å²) in [4.78, 5) is 0. The van der Waals surface area contributed by atoms with Gasteiger partial charge in [0.1, 0.15) is 28.6 Å². The zero-order chi connectivity index (χ0) is 33.5. The Morgan fingerprint density at radius 2 is 1.00 bits per heavy atom. The van der Waals surface area contributed by atoms with Crippen molar-refractivity contribution < 1.29 is 8.83 Å². The van der Waals surface area contributed by atoms with Crippen LogP contribution < -0.4 is 16.0 Å². The molecule has 1 fully saturated rings. The van der Waals surface area contributed by atoms with E-state index in [0.29, 0.717) is 0 Å². The molecule has 0 radical (unpaired) electrons. The number of hydrogen-bond acceptors (Lipinski definition) is 5. The molecule has 244 valence electrons. The summed E-state index contributed by atoms with van der Waals surface area (Å²) in [6, 6.07) is 55.4. The molecule has 0 bridgehead atoms. The number of hydrogen-bond donors (Lipinski definition) is 3. The quantitative estimate of drug-likeness (QED) is 0.175. The molecule has 7 aromatic carbocycles. The largest absolute Gasteiger partial charge is 0.456 e. The summed E-state index contributed by atoms with van der Waals surface area (Å²) in [6.07, 6.45) is -0.671. The third kappa shape index (κ3) is 4.41. The van der Waals surface area contributed by atoms with Crippen molar-refractivity contribution in [2.75, 3.05) is 0 Å². The third-order valence-corrected chi connectivity index (χ3v) is 10.6. The van der Waals surface area contributed by atoms with Crippen molar-refractivity contribution in [1.82, 2.24) is 20.5 Å². The van der Waals surface area contributed by atoms with Gasteiger partial charge in [0.25, 0.3) is 0 Å². The standard InChI is InChI=1S/C45H32N4O2/c1-2-11-27(12-3-1)28-21-23-29(24-22-28)43-46-44(48-45(47-43)49-35-18-7-4-13-30(35)31-14-5-8-19-36(31)49)34-17-10-16-33-41-39(51-42(33)34)26-25-38-40(41)32-15-6-9-20-37(32)50-38/h1-26,43-48H. The summed E-state index contributed by atoms with van der Waals surface area (Å²) in [7, 11) is 0. The number of nitrogens with zero attached hydrogens (tertiary/aromatic N) is 1. The van der Waals surface area contributed by atoms with Crippen molar-refractivity contribution in [1.29, 1.82) is 0 Å². The van der Waals surface area contributed by atoms with Crippen LogP contribution >= 0.6 is 0 Å². The second-order valence-electron chi connectivity index (χ2n) is 13.4. The fourth-order valence-corrected chi connectivity index (χ4v) is 8.23. The predicted molar refractivity (Wildman–Crippen MR) is 206 cm³/mol. The lowest BCUT2D eigenvalue weighted by atomic mass is 10.0. The molecule has 0 saturated carbocycles. The maximum Gasteiger partial charge on any atom is 0.142 e. The van der Waals surface area contributed by atoms with Crippen LogP contribution in [0, 0.1) is 0 Å². The number of para-hydroxylation sites is 4. The number of nitrogens with one attached hydrogen (secondary N) is 3. The molecule has 1 saturated heterocycles. The van der Waals surface area contributed by atoms with Crippen molar-refractivity contribution in [2.24, 2.45) is 0 Å². The summed E-state index contributed by atoms with van der Waals surface area (Å²) < 4.78 is 15.5. The minimum atomic E-state index is -0.254. The topological polar surface area (TPSA) is 67.3 Å². The van der Waals surface area contributed by atoms with E-state index >= 15 is 0 Å². The van der Waals surface area contributed by atoms with Crippen LogP contribution in [0.1, 0.15) is 29.7 Å². The first-order chi connectivity index (χ1) is 25.3. The van der Waals surface area contributed by atoms with E-state index in [-0.39, 0.29) is 18.6 Å². The van der Waals surface area contributed by atoms with Crippen LogP contribution in [0.25, 0.3) is 76.8 Å². The van der Waals surface area contributed by atoms with Gasteiger partial charge in [0, 0.05) is 37.9 Å². The van der Waals surface area contributed by atoms with E-state index in [1.807, 2.05) is 24.3 Å². The average molecular weight is 661 g/mol. The maximum absolute atomic E-state index is 6.79. The fraction of sp³-hybridized carbons (Fsp3) is 0.0667. The van der Waals surface area contributed by atoms with Gasteiger partial charge in [-0.1, -0.05) is 127 Å². The highest BCUT2D eigenvalue weighted by atomic mass is 16.3. The van der Waals surface area contributed by atoms with Crippen LogP contribution in [-0.2, 0) is 0 Å². The average Bonchev–Trinajstić information content (AvgIpc) is 3.87.